The smallest absolute Gasteiger partial charge is 0.243 e. The molecule has 1 aliphatic carbocycles. The van der Waals surface area contributed by atoms with Gasteiger partial charge in [-0.05, 0) is 53.1 Å². The highest BCUT2D eigenvalue weighted by Gasteiger charge is 2.42. The number of alkyl halides is 1. The number of carbonyl (C=O) groups is 3. The lowest BCUT2D eigenvalue weighted by atomic mass is 9.95. The van der Waals surface area contributed by atoms with Crippen LogP contribution in [0.3, 0.4) is 0 Å². The second-order valence-corrected chi connectivity index (χ2v) is 10.6. The molecule has 4 atom stereocenters. The number of carbonyl (C=O) groups excluding carboxylic acids is 3. The van der Waals surface area contributed by atoms with Gasteiger partial charge in [-0.1, -0.05) is 60.7 Å². The molecule has 3 amide bonds. The highest BCUT2D eigenvalue weighted by atomic mass is 19.1. The predicted molar refractivity (Wildman–Crippen MR) is 142 cm³/mol. The summed E-state index contributed by atoms with van der Waals surface area (Å²) in [5, 5.41) is 5.74. The summed E-state index contributed by atoms with van der Waals surface area (Å²) in [5.41, 5.74) is 3.38. The standard InChI is InChI=1S/C31H29F2N3O3/c32-21-15-27(36(17-21)28(37)16-24-23-8-4-5-9-26(23)34-30(24)38)31(39)35-29(19-6-2-1-3-7-19)20-12-13-22(18-10-11-18)25(33)14-20/h1-9,12-14,18,21,24,27,29H,10-11,15-17H2,(H,34,38)(H,35,39). The Bertz CT molecular complexity index is 1430. The van der Waals surface area contributed by atoms with E-state index in [1.54, 1.807) is 30.3 Å². The number of nitrogens with one attached hydrogen (secondary N) is 2. The van der Waals surface area contributed by atoms with Gasteiger partial charge in [0.05, 0.1) is 18.5 Å². The molecule has 0 spiro atoms. The first-order valence-corrected chi connectivity index (χ1v) is 13.4. The van der Waals surface area contributed by atoms with Crippen molar-refractivity contribution in [1.29, 1.82) is 0 Å². The zero-order chi connectivity index (χ0) is 27.1. The van der Waals surface area contributed by atoms with Gasteiger partial charge in [0.15, 0.2) is 0 Å². The summed E-state index contributed by atoms with van der Waals surface area (Å²) in [4.78, 5) is 40.7. The molecule has 0 radical (unpaired) electrons. The molecule has 3 aliphatic rings. The third-order valence-electron chi connectivity index (χ3n) is 7.96. The summed E-state index contributed by atoms with van der Waals surface area (Å²) in [6.45, 7) is -0.215. The molecule has 0 aromatic heterocycles. The van der Waals surface area contributed by atoms with Crippen LogP contribution in [0.5, 0.6) is 0 Å². The number of hydrogen-bond acceptors (Lipinski definition) is 3. The molecule has 1 saturated heterocycles. The molecule has 0 bridgehead atoms. The Kier molecular flexibility index (Phi) is 6.62. The van der Waals surface area contributed by atoms with Gasteiger partial charge < -0.3 is 15.5 Å². The Balaban J connectivity index is 1.23. The van der Waals surface area contributed by atoms with Gasteiger partial charge in [-0.25, -0.2) is 8.78 Å². The van der Waals surface area contributed by atoms with Crippen LogP contribution < -0.4 is 10.6 Å². The molecule has 8 heteroatoms. The molecule has 6 rings (SSSR count). The number of para-hydroxylation sites is 1. The van der Waals surface area contributed by atoms with Crippen molar-refractivity contribution in [2.45, 2.75) is 55.8 Å². The average Bonchev–Trinajstić information content (AvgIpc) is 3.63. The summed E-state index contributed by atoms with van der Waals surface area (Å²) in [6.07, 6.45) is 0.287. The van der Waals surface area contributed by atoms with E-state index in [0.717, 1.165) is 18.4 Å². The molecule has 2 fully saturated rings. The molecule has 2 heterocycles. The highest BCUT2D eigenvalue weighted by Crippen LogP contribution is 2.42. The van der Waals surface area contributed by atoms with Gasteiger partial charge >= 0.3 is 0 Å². The van der Waals surface area contributed by atoms with Crippen LogP contribution in [-0.2, 0) is 14.4 Å². The first-order chi connectivity index (χ1) is 18.9. The molecule has 3 aromatic rings. The van der Waals surface area contributed by atoms with Crippen LogP contribution in [-0.4, -0.2) is 41.4 Å². The maximum Gasteiger partial charge on any atom is 0.243 e. The van der Waals surface area contributed by atoms with Crippen LogP contribution in [0.2, 0.25) is 0 Å². The van der Waals surface area contributed by atoms with Crippen LogP contribution >= 0.6 is 0 Å². The maximum absolute atomic E-state index is 15.0. The van der Waals surface area contributed by atoms with E-state index in [1.165, 1.54) is 11.0 Å². The summed E-state index contributed by atoms with van der Waals surface area (Å²) >= 11 is 0. The third kappa shape index (κ3) is 5.03. The van der Waals surface area contributed by atoms with Gasteiger partial charge in [-0.3, -0.25) is 14.4 Å². The van der Waals surface area contributed by atoms with Gasteiger partial charge in [-0.2, -0.15) is 0 Å². The second kappa shape index (κ2) is 10.2. The number of likely N-dealkylation sites (tertiary alicyclic amines) is 1. The van der Waals surface area contributed by atoms with Crippen LogP contribution in [0.25, 0.3) is 0 Å². The lowest BCUT2D eigenvalue weighted by Gasteiger charge is -2.27. The minimum atomic E-state index is -1.36. The predicted octanol–water partition coefficient (Wildman–Crippen LogP) is 4.97. The van der Waals surface area contributed by atoms with Crippen LogP contribution in [0.4, 0.5) is 14.5 Å². The van der Waals surface area contributed by atoms with E-state index in [0.29, 0.717) is 22.4 Å². The zero-order valence-corrected chi connectivity index (χ0v) is 21.3. The van der Waals surface area contributed by atoms with Gasteiger partial charge in [-0.15, -0.1) is 0 Å². The van der Waals surface area contributed by atoms with Crippen molar-refractivity contribution in [2.75, 3.05) is 11.9 Å². The Morgan fingerprint density at radius 1 is 0.974 bits per heavy atom. The fourth-order valence-electron chi connectivity index (χ4n) is 5.77. The second-order valence-electron chi connectivity index (χ2n) is 10.6. The van der Waals surface area contributed by atoms with E-state index in [4.69, 9.17) is 0 Å². The maximum atomic E-state index is 15.0. The average molecular weight is 530 g/mol. The van der Waals surface area contributed by atoms with E-state index < -0.39 is 36.0 Å². The van der Waals surface area contributed by atoms with Gasteiger partial charge in [0.2, 0.25) is 17.7 Å². The van der Waals surface area contributed by atoms with Gasteiger partial charge in [0, 0.05) is 18.5 Å². The van der Waals surface area contributed by atoms with Crippen LogP contribution in [0, 0.1) is 5.82 Å². The first-order valence-electron chi connectivity index (χ1n) is 13.4. The third-order valence-corrected chi connectivity index (χ3v) is 7.96. The number of hydrogen-bond donors (Lipinski definition) is 2. The number of rotatable bonds is 7. The summed E-state index contributed by atoms with van der Waals surface area (Å²) in [7, 11) is 0. The Labute approximate surface area is 225 Å². The SMILES string of the molecule is O=C1Nc2ccccc2C1CC(=O)N1CC(F)CC1C(=O)NC(c1ccccc1)c1ccc(C2CC2)c(F)c1. The Morgan fingerprint density at radius 2 is 1.72 bits per heavy atom. The zero-order valence-electron chi connectivity index (χ0n) is 21.3. The Morgan fingerprint density at radius 3 is 2.46 bits per heavy atom. The molecule has 3 aromatic carbocycles. The normalized spacial score (nSPS) is 22.8. The molecule has 4 unspecified atom stereocenters. The fourth-order valence-corrected chi connectivity index (χ4v) is 5.77. The number of fused-ring (bicyclic) bond motifs is 1. The molecule has 1 saturated carbocycles. The van der Waals surface area contributed by atoms with Crippen molar-refractivity contribution >= 4 is 23.4 Å². The minimum absolute atomic E-state index is 0.137. The number of nitrogens with zero attached hydrogens (tertiary/aromatic N) is 1. The van der Waals surface area contributed by atoms with Crippen LogP contribution in [0.1, 0.15) is 65.8 Å². The molecular weight excluding hydrogens is 500 g/mol. The molecule has 200 valence electrons. The van der Waals surface area contributed by atoms with Crippen LogP contribution in [0.15, 0.2) is 72.8 Å². The lowest BCUT2D eigenvalue weighted by molar-refractivity contribution is -0.139. The van der Waals surface area contributed by atoms with Crippen molar-refractivity contribution in [3.8, 4) is 0 Å². The van der Waals surface area contributed by atoms with Gasteiger partial charge in [0.25, 0.3) is 0 Å². The first kappa shape index (κ1) is 25.2. The monoisotopic (exact) mass is 529 g/mol. The number of benzene rings is 3. The lowest BCUT2D eigenvalue weighted by Crippen LogP contribution is -2.47. The fraction of sp³-hybridized carbons (Fsp3) is 0.323. The quantitative estimate of drug-likeness (QED) is 0.454. The Hall–Kier alpha value is -4.07. The summed E-state index contributed by atoms with van der Waals surface area (Å²) in [5.74, 6) is -2.01. The van der Waals surface area contributed by atoms with Crippen molar-refractivity contribution in [1.82, 2.24) is 10.2 Å². The van der Waals surface area contributed by atoms with Crippen molar-refractivity contribution < 1.29 is 23.2 Å². The van der Waals surface area contributed by atoms with E-state index >= 15 is 0 Å². The number of anilines is 1. The topological polar surface area (TPSA) is 78.5 Å². The van der Waals surface area contributed by atoms with Crippen molar-refractivity contribution in [2.24, 2.45) is 0 Å². The van der Waals surface area contributed by atoms with E-state index in [9.17, 15) is 23.2 Å². The summed E-state index contributed by atoms with van der Waals surface area (Å²) < 4.78 is 29.6. The van der Waals surface area contributed by atoms with Crippen molar-refractivity contribution in [3.63, 3.8) is 0 Å². The summed E-state index contributed by atoms with van der Waals surface area (Å²) in [6, 6.07) is 19.7. The van der Waals surface area contributed by atoms with E-state index in [2.05, 4.69) is 10.6 Å². The van der Waals surface area contributed by atoms with E-state index in [-0.39, 0.29) is 37.0 Å². The van der Waals surface area contributed by atoms with Crippen molar-refractivity contribution in [3.05, 3.63) is 101 Å². The number of halogens is 2. The number of amides is 3. The molecule has 39 heavy (non-hydrogen) atoms. The molecular formula is C31H29F2N3O3. The highest BCUT2D eigenvalue weighted by molar-refractivity contribution is 6.05. The molecule has 2 N–H and O–H groups in total. The van der Waals surface area contributed by atoms with E-state index in [1.807, 2.05) is 36.4 Å². The molecule has 6 nitrogen and oxygen atoms in total. The molecule has 2 aliphatic heterocycles. The minimum Gasteiger partial charge on any atom is -0.343 e. The largest absolute Gasteiger partial charge is 0.343 e. The van der Waals surface area contributed by atoms with Gasteiger partial charge in [0.1, 0.15) is 18.0 Å².